The summed E-state index contributed by atoms with van der Waals surface area (Å²) in [6.07, 6.45) is 0. The van der Waals surface area contributed by atoms with Crippen LogP contribution in [-0.2, 0) is 9.59 Å². The van der Waals surface area contributed by atoms with E-state index in [1.54, 1.807) is 49.6 Å². The monoisotopic (exact) mass is 516 g/mol. The lowest BCUT2D eigenvalue weighted by molar-refractivity contribution is -0.132. The molecule has 0 aromatic heterocycles. The van der Waals surface area contributed by atoms with Gasteiger partial charge in [0.05, 0.1) is 38.5 Å². The summed E-state index contributed by atoms with van der Waals surface area (Å²) in [7, 11) is 4.51. The molecule has 8 nitrogen and oxygen atoms in total. The number of carbonyl (C=O) groups excluding carboxylic acids is 2. The van der Waals surface area contributed by atoms with Crippen molar-refractivity contribution in [3.63, 3.8) is 0 Å². The van der Waals surface area contributed by atoms with Crippen molar-refractivity contribution in [1.82, 2.24) is 0 Å². The molecular weight excluding hydrogens is 484 g/mol. The molecule has 1 aliphatic heterocycles. The third-order valence-electron chi connectivity index (χ3n) is 6.77. The van der Waals surface area contributed by atoms with Crippen LogP contribution in [0.5, 0.6) is 17.2 Å². The number of benzene rings is 3. The first-order valence-corrected chi connectivity index (χ1v) is 12.4. The fourth-order valence-corrected chi connectivity index (χ4v) is 4.78. The summed E-state index contributed by atoms with van der Waals surface area (Å²) < 4.78 is 16.2. The van der Waals surface area contributed by atoms with Crippen LogP contribution in [-0.4, -0.2) is 51.2 Å². The maximum Gasteiger partial charge on any atom is 0.300 e. The van der Waals surface area contributed by atoms with Crippen molar-refractivity contribution in [3.05, 3.63) is 83.4 Å². The second-order valence-electron chi connectivity index (χ2n) is 8.70. The van der Waals surface area contributed by atoms with Crippen molar-refractivity contribution < 1.29 is 28.9 Å². The molecule has 0 radical (unpaired) electrons. The van der Waals surface area contributed by atoms with Crippen LogP contribution >= 0.6 is 0 Å². The van der Waals surface area contributed by atoms with Gasteiger partial charge in [-0.05, 0) is 74.0 Å². The van der Waals surface area contributed by atoms with E-state index < -0.39 is 17.7 Å². The van der Waals surface area contributed by atoms with Crippen LogP contribution in [0.4, 0.5) is 11.4 Å². The highest BCUT2D eigenvalue weighted by atomic mass is 16.5. The summed E-state index contributed by atoms with van der Waals surface area (Å²) >= 11 is 0. The fourth-order valence-electron chi connectivity index (χ4n) is 4.78. The number of ether oxygens (including phenoxy) is 3. The summed E-state index contributed by atoms with van der Waals surface area (Å²) in [6, 6.07) is 18.6. The Bertz CT molecular complexity index is 1360. The molecule has 4 rings (SSSR count). The highest BCUT2D eigenvalue weighted by Gasteiger charge is 2.47. The van der Waals surface area contributed by atoms with Crippen LogP contribution < -0.4 is 24.0 Å². The van der Waals surface area contributed by atoms with Crippen molar-refractivity contribution in [2.45, 2.75) is 19.9 Å². The molecule has 38 heavy (non-hydrogen) atoms. The normalized spacial score (nSPS) is 16.4. The zero-order valence-corrected chi connectivity index (χ0v) is 22.2. The molecule has 1 fully saturated rings. The Balaban J connectivity index is 1.93. The van der Waals surface area contributed by atoms with E-state index in [2.05, 4.69) is 18.7 Å². The number of nitrogens with zero attached hydrogens (tertiary/aromatic N) is 2. The van der Waals surface area contributed by atoms with Gasteiger partial charge < -0.3 is 24.2 Å². The number of carbonyl (C=O) groups is 2. The van der Waals surface area contributed by atoms with E-state index >= 15 is 0 Å². The first kappa shape index (κ1) is 26.6. The Kier molecular flexibility index (Phi) is 7.90. The number of aliphatic hydroxyl groups is 1. The molecule has 1 heterocycles. The molecule has 1 aliphatic rings. The Hall–Kier alpha value is -4.46. The average molecular weight is 517 g/mol. The van der Waals surface area contributed by atoms with Gasteiger partial charge in [0.25, 0.3) is 11.7 Å². The molecule has 198 valence electrons. The van der Waals surface area contributed by atoms with Gasteiger partial charge in [-0.15, -0.1) is 0 Å². The minimum Gasteiger partial charge on any atom is -0.507 e. The molecule has 1 saturated heterocycles. The summed E-state index contributed by atoms with van der Waals surface area (Å²) in [4.78, 5) is 30.7. The smallest absolute Gasteiger partial charge is 0.300 e. The molecule has 8 heteroatoms. The number of hydrogen-bond acceptors (Lipinski definition) is 7. The number of Topliss-reactive ketones (excluding diaryl/α,β-unsaturated/α-hetero) is 1. The van der Waals surface area contributed by atoms with Gasteiger partial charge in [0, 0.05) is 24.5 Å². The fraction of sp³-hybridized carbons (Fsp3) is 0.267. The van der Waals surface area contributed by atoms with Crippen molar-refractivity contribution in [3.8, 4) is 17.2 Å². The van der Waals surface area contributed by atoms with Gasteiger partial charge in [-0.1, -0.05) is 12.1 Å². The van der Waals surface area contributed by atoms with E-state index in [4.69, 9.17) is 14.2 Å². The predicted octanol–water partition coefficient (Wildman–Crippen LogP) is 5.18. The molecule has 1 atom stereocenters. The van der Waals surface area contributed by atoms with Gasteiger partial charge >= 0.3 is 0 Å². The lowest BCUT2D eigenvalue weighted by Gasteiger charge is -2.27. The zero-order chi connectivity index (χ0) is 27.4. The number of ketones is 1. The third-order valence-corrected chi connectivity index (χ3v) is 6.77. The number of rotatable bonds is 9. The van der Waals surface area contributed by atoms with Crippen LogP contribution in [0.1, 0.15) is 31.0 Å². The van der Waals surface area contributed by atoms with E-state index in [1.165, 1.54) is 19.1 Å². The van der Waals surface area contributed by atoms with E-state index in [-0.39, 0.29) is 16.9 Å². The molecule has 1 N–H and O–H groups in total. The number of hydrogen-bond donors (Lipinski definition) is 1. The van der Waals surface area contributed by atoms with Gasteiger partial charge in [0.15, 0.2) is 0 Å². The quantitative estimate of drug-likeness (QED) is 0.238. The van der Waals surface area contributed by atoms with Gasteiger partial charge in [-0.2, -0.15) is 0 Å². The molecule has 0 aliphatic carbocycles. The number of anilines is 2. The van der Waals surface area contributed by atoms with Crippen LogP contribution in [0.25, 0.3) is 5.76 Å². The van der Waals surface area contributed by atoms with Gasteiger partial charge in [0.1, 0.15) is 23.0 Å². The molecular formula is C30H32N2O6. The van der Waals surface area contributed by atoms with Crippen molar-refractivity contribution in [1.29, 1.82) is 0 Å². The molecule has 0 spiro atoms. The first-order chi connectivity index (χ1) is 18.4. The second kappa shape index (κ2) is 11.3. The number of aliphatic hydroxyl groups excluding tert-OH is 1. The Morgan fingerprint density at radius 2 is 1.53 bits per heavy atom. The van der Waals surface area contributed by atoms with E-state index in [0.717, 1.165) is 18.8 Å². The van der Waals surface area contributed by atoms with Crippen LogP contribution in [0.15, 0.2) is 72.3 Å². The van der Waals surface area contributed by atoms with Crippen molar-refractivity contribution in [2.24, 2.45) is 0 Å². The number of amides is 1. The molecule has 3 aromatic carbocycles. The lowest BCUT2D eigenvalue weighted by Crippen LogP contribution is -2.29. The Morgan fingerprint density at radius 3 is 2.13 bits per heavy atom. The summed E-state index contributed by atoms with van der Waals surface area (Å²) in [6.45, 7) is 5.83. The Labute approximate surface area is 222 Å². The lowest BCUT2D eigenvalue weighted by atomic mass is 9.94. The SMILES string of the molecule is CCN(CC)c1ccc(N2C(=O)C(=O)/C(=C(/O)c3cc(OC)ccc3OC)C2c2cccc(OC)c2)cc1. The van der Waals surface area contributed by atoms with E-state index in [9.17, 15) is 14.7 Å². The van der Waals surface area contributed by atoms with E-state index in [1.807, 2.05) is 24.3 Å². The molecule has 1 unspecified atom stereocenters. The highest BCUT2D eigenvalue weighted by molar-refractivity contribution is 6.51. The predicted molar refractivity (Wildman–Crippen MR) is 147 cm³/mol. The topological polar surface area (TPSA) is 88.5 Å². The van der Waals surface area contributed by atoms with Crippen molar-refractivity contribution in [2.75, 3.05) is 44.2 Å². The molecule has 3 aromatic rings. The molecule has 0 bridgehead atoms. The van der Waals surface area contributed by atoms with Crippen LogP contribution in [0.3, 0.4) is 0 Å². The maximum atomic E-state index is 13.5. The Morgan fingerprint density at radius 1 is 0.868 bits per heavy atom. The zero-order valence-electron chi connectivity index (χ0n) is 22.2. The van der Waals surface area contributed by atoms with Crippen LogP contribution in [0, 0.1) is 0 Å². The minimum absolute atomic E-state index is 0.0531. The van der Waals surface area contributed by atoms with Gasteiger partial charge in [-0.25, -0.2) is 0 Å². The third kappa shape index (κ3) is 4.77. The second-order valence-corrected chi connectivity index (χ2v) is 8.70. The average Bonchev–Trinajstić information content (AvgIpc) is 3.23. The highest BCUT2D eigenvalue weighted by Crippen LogP contribution is 2.44. The maximum absolute atomic E-state index is 13.5. The van der Waals surface area contributed by atoms with Gasteiger partial charge in [0.2, 0.25) is 0 Å². The molecule has 0 saturated carbocycles. The summed E-state index contributed by atoms with van der Waals surface area (Å²) in [5.74, 6) is -0.531. The first-order valence-electron chi connectivity index (χ1n) is 12.4. The van der Waals surface area contributed by atoms with E-state index in [0.29, 0.717) is 28.5 Å². The standard InChI is InChI=1S/C30H32N2O6/c1-6-31(7-2)20-11-13-21(14-12-20)32-27(19-9-8-10-22(17-19)36-3)26(29(34)30(32)35)28(33)24-18-23(37-4)15-16-25(24)38-5/h8-18,27,33H,6-7H2,1-5H3/b28-26+. The largest absolute Gasteiger partial charge is 0.507 e. The van der Waals surface area contributed by atoms with Crippen LogP contribution in [0.2, 0.25) is 0 Å². The minimum atomic E-state index is -0.902. The summed E-state index contributed by atoms with van der Waals surface area (Å²) in [5.41, 5.74) is 2.35. The van der Waals surface area contributed by atoms with Gasteiger partial charge in [-0.3, -0.25) is 14.5 Å². The van der Waals surface area contributed by atoms with Crippen molar-refractivity contribution >= 4 is 28.8 Å². The summed E-state index contributed by atoms with van der Waals surface area (Å²) in [5, 5.41) is 11.6. The number of methoxy groups -OCH3 is 3. The molecule has 1 amide bonds.